The molecule has 0 amide bonds. The lowest BCUT2D eigenvalue weighted by molar-refractivity contribution is 1.01. The van der Waals surface area contributed by atoms with E-state index in [-0.39, 0.29) is 12.4 Å². The summed E-state index contributed by atoms with van der Waals surface area (Å²) in [6.45, 7) is 0.498. The van der Waals surface area contributed by atoms with E-state index in [1.54, 1.807) is 0 Å². The number of hydrogen-bond donors (Lipinski definition) is 1. The molecule has 5 heteroatoms. The quantitative estimate of drug-likeness (QED) is 0.817. The van der Waals surface area contributed by atoms with Crippen molar-refractivity contribution in [2.45, 2.75) is 6.54 Å². The first-order valence-corrected chi connectivity index (χ1v) is 4.70. The fourth-order valence-corrected chi connectivity index (χ4v) is 1.60. The molecule has 0 spiro atoms. The van der Waals surface area contributed by atoms with Crippen LogP contribution in [0.3, 0.4) is 0 Å². The van der Waals surface area contributed by atoms with Crippen molar-refractivity contribution in [3.05, 3.63) is 33.8 Å². The maximum atomic E-state index is 5.47. The van der Waals surface area contributed by atoms with E-state index in [1.165, 1.54) is 3.57 Å². The van der Waals surface area contributed by atoms with Gasteiger partial charge in [-0.1, -0.05) is 0 Å². The number of imidazole rings is 1. The molecule has 70 valence electrons. The SMILES string of the molecule is Cl.NCc1cn2cc(I)ccc2n1. The number of pyridine rings is 1. The van der Waals surface area contributed by atoms with E-state index in [4.69, 9.17) is 5.73 Å². The second-order valence-electron chi connectivity index (χ2n) is 2.55. The van der Waals surface area contributed by atoms with Gasteiger partial charge in [0.25, 0.3) is 0 Å². The van der Waals surface area contributed by atoms with Crippen molar-refractivity contribution in [3.63, 3.8) is 0 Å². The highest BCUT2D eigenvalue weighted by Gasteiger charge is 1.98. The van der Waals surface area contributed by atoms with Crippen molar-refractivity contribution in [3.8, 4) is 0 Å². The molecule has 0 radical (unpaired) electrons. The normalized spacial score (nSPS) is 10.0. The van der Waals surface area contributed by atoms with E-state index in [0.29, 0.717) is 6.54 Å². The molecule has 0 atom stereocenters. The Hall–Kier alpha value is -0.330. The highest BCUT2D eigenvalue weighted by atomic mass is 127. The first-order valence-electron chi connectivity index (χ1n) is 3.63. The molecule has 0 saturated heterocycles. The Balaban J connectivity index is 0.000000845. The number of nitrogens with zero attached hydrogens (tertiary/aromatic N) is 2. The van der Waals surface area contributed by atoms with E-state index in [1.807, 2.05) is 28.9 Å². The summed E-state index contributed by atoms with van der Waals surface area (Å²) in [7, 11) is 0. The van der Waals surface area contributed by atoms with Gasteiger partial charge in [-0.3, -0.25) is 0 Å². The molecule has 2 aromatic heterocycles. The minimum absolute atomic E-state index is 0. The van der Waals surface area contributed by atoms with E-state index in [9.17, 15) is 0 Å². The Morgan fingerprint density at radius 1 is 1.38 bits per heavy atom. The molecular formula is C8H9ClIN3. The second kappa shape index (κ2) is 4.26. The molecule has 0 aliphatic heterocycles. The van der Waals surface area contributed by atoms with Gasteiger partial charge >= 0.3 is 0 Å². The molecule has 0 aliphatic rings. The average molecular weight is 310 g/mol. The zero-order chi connectivity index (χ0) is 8.55. The van der Waals surface area contributed by atoms with Crippen LogP contribution >= 0.6 is 35.0 Å². The lowest BCUT2D eigenvalue weighted by Crippen LogP contribution is -1.95. The number of nitrogens with two attached hydrogens (primary N) is 1. The summed E-state index contributed by atoms with van der Waals surface area (Å²) in [6, 6.07) is 4.02. The summed E-state index contributed by atoms with van der Waals surface area (Å²) in [5.74, 6) is 0. The molecule has 2 aromatic rings. The van der Waals surface area contributed by atoms with Gasteiger partial charge in [0, 0.05) is 22.5 Å². The molecule has 0 bridgehead atoms. The molecule has 0 fully saturated rings. The predicted octanol–water partition coefficient (Wildman–Crippen LogP) is 1.82. The van der Waals surface area contributed by atoms with Crippen LogP contribution in [0.25, 0.3) is 5.65 Å². The predicted molar refractivity (Wildman–Crippen MR) is 63.0 cm³/mol. The minimum atomic E-state index is 0. The summed E-state index contributed by atoms with van der Waals surface area (Å²) in [5.41, 5.74) is 7.36. The van der Waals surface area contributed by atoms with Crippen LogP contribution in [0.15, 0.2) is 24.5 Å². The molecule has 0 saturated carbocycles. The van der Waals surface area contributed by atoms with Crippen molar-refractivity contribution >= 4 is 40.6 Å². The topological polar surface area (TPSA) is 43.3 Å². The Morgan fingerprint density at radius 2 is 2.15 bits per heavy atom. The van der Waals surface area contributed by atoms with Gasteiger partial charge in [0.1, 0.15) is 5.65 Å². The Labute approximate surface area is 95.9 Å². The molecule has 2 heterocycles. The monoisotopic (exact) mass is 309 g/mol. The van der Waals surface area contributed by atoms with Gasteiger partial charge in [-0.2, -0.15) is 0 Å². The zero-order valence-corrected chi connectivity index (χ0v) is 9.75. The second-order valence-corrected chi connectivity index (χ2v) is 3.79. The maximum absolute atomic E-state index is 5.47. The van der Waals surface area contributed by atoms with E-state index in [0.717, 1.165) is 11.3 Å². The van der Waals surface area contributed by atoms with Crippen LogP contribution in [-0.2, 0) is 6.54 Å². The van der Waals surface area contributed by atoms with E-state index < -0.39 is 0 Å². The number of rotatable bonds is 1. The third kappa shape index (κ3) is 2.12. The van der Waals surface area contributed by atoms with Crippen molar-refractivity contribution in [2.75, 3.05) is 0 Å². The summed E-state index contributed by atoms with van der Waals surface area (Å²) in [5, 5.41) is 0. The van der Waals surface area contributed by atoms with Gasteiger partial charge in [-0.25, -0.2) is 4.98 Å². The van der Waals surface area contributed by atoms with Crippen LogP contribution in [0.5, 0.6) is 0 Å². The highest BCUT2D eigenvalue weighted by Crippen LogP contribution is 2.08. The van der Waals surface area contributed by atoms with Crippen molar-refractivity contribution in [2.24, 2.45) is 5.73 Å². The van der Waals surface area contributed by atoms with E-state index >= 15 is 0 Å². The third-order valence-corrected chi connectivity index (χ3v) is 2.31. The van der Waals surface area contributed by atoms with Gasteiger partial charge in [0.2, 0.25) is 0 Å². The lowest BCUT2D eigenvalue weighted by atomic mass is 10.5. The number of halogens is 2. The molecule has 0 aliphatic carbocycles. The largest absolute Gasteiger partial charge is 0.325 e. The van der Waals surface area contributed by atoms with Gasteiger partial charge in [-0.15, -0.1) is 12.4 Å². The number of aromatic nitrogens is 2. The molecule has 2 rings (SSSR count). The fourth-order valence-electron chi connectivity index (χ4n) is 1.12. The van der Waals surface area contributed by atoms with Crippen LogP contribution in [0.2, 0.25) is 0 Å². The highest BCUT2D eigenvalue weighted by molar-refractivity contribution is 14.1. The van der Waals surface area contributed by atoms with Gasteiger partial charge < -0.3 is 10.1 Å². The fraction of sp³-hybridized carbons (Fsp3) is 0.125. The van der Waals surface area contributed by atoms with Crippen LogP contribution in [0, 0.1) is 3.57 Å². The van der Waals surface area contributed by atoms with Crippen molar-refractivity contribution in [1.29, 1.82) is 0 Å². The van der Waals surface area contributed by atoms with Crippen LogP contribution in [0.4, 0.5) is 0 Å². The van der Waals surface area contributed by atoms with Gasteiger partial charge in [0.05, 0.1) is 5.69 Å². The summed E-state index contributed by atoms with van der Waals surface area (Å²) in [6.07, 6.45) is 3.99. The average Bonchev–Trinajstić information content (AvgIpc) is 2.46. The Kier molecular flexibility index (Phi) is 3.52. The third-order valence-electron chi connectivity index (χ3n) is 1.67. The maximum Gasteiger partial charge on any atom is 0.137 e. The summed E-state index contributed by atoms with van der Waals surface area (Å²) in [4.78, 5) is 4.31. The number of fused-ring (bicyclic) bond motifs is 1. The Morgan fingerprint density at radius 3 is 2.85 bits per heavy atom. The van der Waals surface area contributed by atoms with Gasteiger partial charge in [0.15, 0.2) is 0 Å². The first kappa shape index (κ1) is 10.7. The zero-order valence-electron chi connectivity index (χ0n) is 6.77. The molecule has 0 aromatic carbocycles. The minimum Gasteiger partial charge on any atom is -0.325 e. The Bertz CT molecular complexity index is 413. The van der Waals surface area contributed by atoms with Crippen LogP contribution in [0.1, 0.15) is 5.69 Å². The smallest absolute Gasteiger partial charge is 0.137 e. The molecule has 13 heavy (non-hydrogen) atoms. The first-order chi connectivity index (χ1) is 5.79. The number of hydrogen-bond acceptors (Lipinski definition) is 2. The molecule has 2 N–H and O–H groups in total. The molecular weight excluding hydrogens is 300 g/mol. The van der Waals surface area contributed by atoms with Crippen LogP contribution < -0.4 is 5.73 Å². The molecule has 0 unspecified atom stereocenters. The standard InChI is InChI=1S/C8H8IN3.ClH/c9-6-1-2-8-11-7(3-10)5-12(8)4-6;/h1-2,4-5H,3,10H2;1H. The summed E-state index contributed by atoms with van der Waals surface area (Å²) < 4.78 is 3.19. The van der Waals surface area contributed by atoms with Crippen molar-refractivity contribution in [1.82, 2.24) is 9.38 Å². The lowest BCUT2D eigenvalue weighted by Gasteiger charge is -1.91. The van der Waals surface area contributed by atoms with E-state index in [2.05, 4.69) is 27.6 Å². The summed E-state index contributed by atoms with van der Waals surface area (Å²) >= 11 is 2.27. The molecule has 3 nitrogen and oxygen atoms in total. The van der Waals surface area contributed by atoms with Crippen LogP contribution in [-0.4, -0.2) is 9.38 Å². The van der Waals surface area contributed by atoms with Gasteiger partial charge in [-0.05, 0) is 34.7 Å². The van der Waals surface area contributed by atoms with Crippen molar-refractivity contribution < 1.29 is 0 Å².